The Morgan fingerprint density at radius 1 is 1.14 bits per heavy atom. The minimum atomic E-state index is -1.60. The summed E-state index contributed by atoms with van der Waals surface area (Å²) in [5.74, 6) is -2.00. The number of fused-ring (bicyclic) bond motifs is 1. The van der Waals surface area contributed by atoms with Crippen molar-refractivity contribution in [2.75, 3.05) is 26.5 Å². The van der Waals surface area contributed by atoms with Gasteiger partial charge < -0.3 is 14.6 Å². The molecule has 8 nitrogen and oxygen atoms in total. The minimum absolute atomic E-state index is 0.0391. The van der Waals surface area contributed by atoms with Gasteiger partial charge in [0.05, 0.1) is 12.0 Å². The summed E-state index contributed by atoms with van der Waals surface area (Å²) in [6.45, 7) is 5.56. The first-order valence-corrected chi connectivity index (χ1v) is 13.5. The van der Waals surface area contributed by atoms with Gasteiger partial charge in [-0.15, -0.1) is 0 Å². The van der Waals surface area contributed by atoms with Gasteiger partial charge in [-0.3, -0.25) is 19.0 Å². The molecular weight excluding hydrogens is 504 g/mol. The SMILES string of the molecule is CC.COCCNCc1ccc(-c2ccc3c(=O)n(CCC(C(=O)NO)S(C)=O)cc(F)c3c2)c(F)c1. The van der Waals surface area contributed by atoms with Gasteiger partial charge in [0.25, 0.3) is 11.5 Å². The predicted octanol–water partition coefficient (Wildman–Crippen LogP) is 3.35. The molecule has 3 rings (SSSR count). The van der Waals surface area contributed by atoms with Gasteiger partial charge in [0.15, 0.2) is 0 Å². The number of rotatable bonds is 11. The standard InChI is InChI=1S/C24H27F2N3O5S.C2H6/c1-34-10-8-27-13-15-3-5-17(20(25)11-15)16-4-6-18-19(12-16)21(26)14-29(24(18)31)9-7-22(35(2)33)23(30)28-32;1-2/h3-6,11-12,14,22,27,32H,7-10,13H2,1-2H3,(H,28,30);1-2H3. The number of hydrogen-bond donors (Lipinski definition) is 3. The summed E-state index contributed by atoms with van der Waals surface area (Å²) in [6, 6.07) is 9.19. The van der Waals surface area contributed by atoms with E-state index in [0.29, 0.717) is 25.3 Å². The van der Waals surface area contributed by atoms with Gasteiger partial charge in [-0.25, -0.2) is 14.3 Å². The molecule has 202 valence electrons. The highest BCUT2D eigenvalue weighted by atomic mass is 32.2. The quantitative estimate of drug-likeness (QED) is 0.197. The third-order valence-electron chi connectivity index (χ3n) is 5.63. The number of methoxy groups -OCH3 is 1. The molecule has 0 fully saturated rings. The van der Waals surface area contributed by atoms with Crippen LogP contribution in [0.2, 0.25) is 0 Å². The van der Waals surface area contributed by atoms with Crippen LogP contribution in [0.5, 0.6) is 0 Å². The molecule has 1 aromatic heterocycles. The second-order valence-electron chi connectivity index (χ2n) is 7.97. The van der Waals surface area contributed by atoms with E-state index in [1.54, 1.807) is 25.3 Å². The molecule has 0 saturated heterocycles. The first-order valence-electron chi connectivity index (χ1n) is 11.8. The summed E-state index contributed by atoms with van der Waals surface area (Å²) >= 11 is 0. The highest BCUT2D eigenvalue weighted by molar-refractivity contribution is 7.85. The third kappa shape index (κ3) is 7.75. The fourth-order valence-corrected chi connectivity index (χ4v) is 4.56. The first-order chi connectivity index (χ1) is 17.8. The Bertz CT molecular complexity index is 1300. The zero-order valence-corrected chi connectivity index (χ0v) is 22.2. The van der Waals surface area contributed by atoms with Gasteiger partial charge >= 0.3 is 0 Å². The second-order valence-corrected chi connectivity index (χ2v) is 9.54. The van der Waals surface area contributed by atoms with E-state index in [9.17, 15) is 22.6 Å². The molecule has 3 aromatic rings. The number of aryl methyl sites for hydroxylation is 1. The number of nitrogens with one attached hydrogen (secondary N) is 2. The number of aromatic nitrogens is 1. The maximum absolute atomic E-state index is 14.9. The molecule has 0 radical (unpaired) electrons. The summed E-state index contributed by atoms with van der Waals surface area (Å²) in [6.07, 6.45) is 2.26. The number of ether oxygens (including phenoxy) is 1. The van der Waals surface area contributed by atoms with Crippen molar-refractivity contribution in [2.45, 2.75) is 38.6 Å². The molecule has 2 atom stereocenters. The van der Waals surface area contributed by atoms with Gasteiger partial charge in [0.2, 0.25) is 0 Å². The summed E-state index contributed by atoms with van der Waals surface area (Å²) in [4.78, 5) is 24.6. The molecule has 0 aliphatic rings. The Morgan fingerprint density at radius 2 is 1.86 bits per heavy atom. The summed E-state index contributed by atoms with van der Waals surface area (Å²) in [7, 11) is -0.00476. The predicted molar refractivity (Wildman–Crippen MR) is 141 cm³/mol. The van der Waals surface area contributed by atoms with Crippen LogP contribution in [-0.4, -0.2) is 51.7 Å². The lowest BCUT2D eigenvalue weighted by molar-refractivity contribution is -0.128. The number of hydrogen-bond acceptors (Lipinski definition) is 6. The molecule has 0 aliphatic carbocycles. The number of nitrogens with zero attached hydrogens (tertiary/aromatic N) is 1. The number of hydroxylamine groups is 1. The summed E-state index contributed by atoms with van der Waals surface area (Å²) in [5, 5.41) is 11.0. The van der Waals surface area contributed by atoms with E-state index < -0.39 is 39.2 Å². The zero-order chi connectivity index (χ0) is 27.5. The van der Waals surface area contributed by atoms with Crippen LogP contribution in [0, 0.1) is 11.6 Å². The number of benzene rings is 2. The Labute approximate surface area is 217 Å². The van der Waals surface area contributed by atoms with E-state index in [2.05, 4.69) is 5.32 Å². The first kappa shape index (κ1) is 30.2. The number of pyridine rings is 1. The van der Waals surface area contributed by atoms with Gasteiger partial charge in [0.1, 0.15) is 16.9 Å². The molecule has 0 bridgehead atoms. The van der Waals surface area contributed by atoms with E-state index in [0.717, 1.165) is 16.3 Å². The zero-order valence-electron chi connectivity index (χ0n) is 21.3. The number of carbonyl (C=O) groups excluding carboxylic acids is 1. The van der Waals surface area contributed by atoms with Crippen LogP contribution in [-0.2, 0) is 33.4 Å². The van der Waals surface area contributed by atoms with Gasteiger partial charge in [0, 0.05) is 60.9 Å². The lowest BCUT2D eigenvalue weighted by Crippen LogP contribution is -2.36. The topological polar surface area (TPSA) is 110 Å². The summed E-state index contributed by atoms with van der Waals surface area (Å²) < 4.78 is 47.6. The van der Waals surface area contributed by atoms with Crippen molar-refractivity contribution in [2.24, 2.45) is 0 Å². The molecule has 1 heterocycles. The summed E-state index contributed by atoms with van der Waals surface area (Å²) in [5.41, 5.74) is 2.39. The van der Waals surface area contributed by atoms with E-state index in [1.165, 1.54) is 29.9 Å². The van der Waals surface area contributed by atoms with Crippen molar-refractivity contribution >= 4 is 27.5 Å². The van der Waals surface area contributed by atoms with Gasteiger partial charge in [-0.2, -0.15) is 0 Å². The average Bonchev–Trinajstić information content (AvgIpc) is 2.90. The molecule has 37 heavy (non-hydrogen) atoms. The maximum Gasteiger partial charge on any atom is 0.259 e. The lowest BCUT2D eigenvalue weighted by Gasteiger charge is -2.14. The number of halogens is 2. The van der Waals surface area contributed by atoms with Crippen LogP contribution in [0.3, 0.4) is 0 Å². The second kappa shape index (κ2) is 14.7. The van der Waals surface area contributed by atoms with Crippen LogP contribution < -0.4 is 16.4 Å². The molecular formula is C26H33F2N3O5S. The van der Waals surface area contributed by atoms with Crippen molar-refractivity contribution in [3.63, 3.8) is 0 Å². The fraction of sp³-hybridized carbons (Fsp3) is 0.385. The van der Waals surface area contributed by atoms with Crippen LogP contribution in [0.1, 0.15) is 25.8 Å². The fourth-order valence-electron chi connectivity index (χ4n) is 3.77. The molecule has 0 spiro atoms. The normalized spacial score (nSPS) is 12.5. The van der Waals surface area contributed by atoms with Crippen molar-refractivity contribution < 1.29 is 27.7 Å². The van der Waals surface area contributed by atoms with Gasteiger partial charge in [-0.05, 0) is 35.7 Å². The Morgan fingerprint density at radius 3 is 2.49 bits per heavy atom. The van der Waals surface area contributed by atoms with Crippen LogP contribution in [0.25, 0.3) is 21.9 Å². The Hall–Kier alpha value is -2.99. The molecule has 2 unspecified atom stereocenters. The van der Waals surface area contributed by atoms with Crippen molar-refractivity contribution in [1.29, 1.82) is 0 Å². The van der Waals surface area contributed by atoms with Gasteiger partial charge in [-0.1, -0.05) is 32.0 Å². The molecule has 2 aromatic carbocycles. The van der Waals surface area contributed by atoms with E-state index in [1.807, 2.05) is 13.8 Å². The van der Waals surface area contributed by atoms with E-state index in [4.69, 9.17) is 9.94 Å². The average molecular weight is 538 g/mol. The molecule has 1 amide bonds. The smallest absolute Gasteiger partial charge is 0.259 e. The van der Waals surface area contributed by atoms with Crippen molar-refractivity contribution in [3.8, 4) is 11.1 Å². The van der Waals surface area contributed by atoms with Crippen LogP contribution in [0.4, 0.5) is 8.78 Å². The third-order valence-corrected chi connectivity index (χ3v) is 6.88. The van der Waals surface area contributed by atoms with E-state index >= 15 is 0 Å². The molecule has 11 heteroatoms. The van der Waals surface area contributed by atoms with Crippen molar-refractivity contribution in [3.05, 3.63) is 70.1 Å². The van der Waals surface area contributed by atoms with Crippen LogP contribution in [0.15, 0.2) is 47.4 Å². The lowest BCUT2D eigenvalue weighted by atomic mass is 10.00. The Balaban J connectivity index is 0.00000235. The minimum Gasteiger partial charge on any atom is -0.383 e. The van der Waals surface area contributed by atoms with E-state index in [-0.39, 0.29) is 29.3 Å². The van der Waals surface area contributed by atoms with Crippen molar-refractivity contribution in [1.82, 2.24) is 15.4 Å². The van der Waals surface area contributed by atoms with Crippen LogP contribution >= 0.6 is 0 Å². The molecule has 0 aliphatic heterocycles. The monoisotopic (exact) mass is 537 g/mol. The molecule has 0 saturated carbocycles. The number of amides is 1. The highest BCUT2D eigenvalue weighted by Gasteiger charge is 2.22. The highest BCUT2D eigenvalue weighted by Crippen LogP contribution is 2.27. The largest absolute Gasteiger partial charge is 0.383 e. The molecule has 3 N–H and O–H groups in total. The number of carbonyl (C=O) groups is 1. The maximum atomic E-state index is 14.9. The Kier molecular flexibility index (Phi) is 12.0.